The van der Waals surface area contributed by atoms with Crippen molar-refractivity contribution < 1.29 is 4.79 Å². The molecule has 0 radical (unpaired) electrons. The van der Waals surface area contributed by atoms with E-state index < -0.39 is 36.8 Å². The fourth-order valence-electron chi connectivity index (χ4n) is 1.43. The van der Waals surface area contributed by atoms with Gasteiger partial charge in [-0.25, -0.2) is 0 Å². The van der Waals surface area contributed by atoms with Gasteiger partial charge >= 0.3 is 78.7 Å². The molecule has 0 aromatic rings. The first kappa shape index (κ1) is 12.0. The fraction of sp³-hybridized carbons (Fsp3) is 0.750. The van der Waals surface area contributed by atoms with Gasteiger partial charge in [-0.15, -0.1) is 0 Å². The molecule has 64 valence electrons. The van der Waals surface area contributed by atoms with Crippen molar-refractivity contribution in [1.82, 2.24) is 0 Å². The first-order valence-corrected chi connectivity index (χ1v) is 23.9. The molecule has 11 heavy (non-hydrogen) atoms. The zero-order chi connectivity index (χ0) is 9.28. The van der Waals surface area contributed by atoms with Gasteiger partial charge in [0.1, 0.15) is 0 Å². The van der Waals surface area contributed by atoms with Gasteiger partial charge in [-0.3, -0.25) is 0 Å². The zero-order valence-corrected chi connectivity index (χ0v) is 14.1. The molecule has 0 saturated heterocycles. The van der Waals surface area contributed by atoms with E-state index >= 15 is 0 Å². The molecule has 3 heteroatoms. The van der Waals surface area contributed by atoms with Gasteiger partial charge in [0, 0.05) is 0 Å². The van der Waals surface area contributed by atoms with E-state index in [1.54, 1.807) is 0 Å². The van der Waals surface area contributed by atoms with Crippen LogP contribution in [0.2, 0.25) is 29.6 Å². The maximum absolute atomic E-state index is 10.7. The van der Waals surface area contributed by atoms with Crippen LogP contribution in [0.15, 0.2) is 1.60 Å². The topological polar surface area (TPSA) is 17.1 Å². The van der Waals surface area contributed by atoms with Gasteiger partial charge in [0.15, 0.2) is 0 Å². The summed E-state index contributed by atoms with van der Waals surface area (Å²) in [6.45, 7) is 0. The first-order chi connectivity index (χ1) is 4.69. The third-order valence-corrected chi connectivity index (χ3v) is 39.5. The predicted molar refractivity (Wildman–Crippen MR) is 55.9 cm³/mol. The average molecular weight is 368 g/mol. The van der Waals surface area contributed by atoms with Crippen molar-refractivity contribution in [1.29, 1.82) is 0 Å². The van der Waals surface area contributed by atoms with E-state index in [0.29, 0.717) is 0 Å². The standard InChI is InChI=1S/C2O.6CH3.2Sn/c1-2-3;;;;;;;;/h;6*1H3;;. The quantitative estimate of drug-likeness (QED) is 0.541. The second-order valence-corrected chi connectivity index (χ2v) is 37.6. The normalized spacial score (nSPS) is 12.5. The molecule has 0 aliphatic heterocycles. The Morgan fingerprint density at radius 3 is 1.18 bits per heavy atom. The van der Waals surface area contributed by atoms with Crippen LogP contribution >= 0.6 is 0 Å². The van der Waals surface area contributed by atoms with Crippen molar-refractivity contribution >= 4 is 42.7 Å². The fourth-order valence-corrected chi connectivity index (χ4v) is 52.7. The molecular formula is C8H18OSn2. The summed E-state index contributed by atoms with van der Waals surface area (Å²) in [7, 11) is 0. The summed E-state index contributed by atoms with van der Waals surface area (Å²) < 4.78 is 1.27. The van der Waals surface area contributed by atoms with Gasteiger partial charge in [0.2, 0.25) is 0 Å². The molecule has 0 bridgehead atoms. The van der Waals surface area contributed by atoms with Crippen molar-refractivity contribution in [3.63, 3.8) is 0 Å². The van der Waals surface area contributed by atoms with Crippen LogP contribution in [-0.4, -0.2) is 42.7 Å². The molecule has 0 spiro atoms. The van der Waals surface area contributed by atoms with Crippen LogP contribution in [0.5, 0.6) is 0 Å². The van der Waals surface area contributed by atoms with Crippen LogP contribution < -0.4 is 0 Å². The van der Waals surface area contributed by atoms with Crippen LogP contribution in [0.1, 0.15) is 0 Å². The molecule has 1 nitrogen and oxygen atoms in total. The molecule has 0 fully saturated rings. The Morgan fingerprint density at radius 1 is 0.909 bits per heavy atom. The second kappa shape index (κ2) is 3.84. The molecule has 0 aromatic carbocycles. The van der Waals surface area contributed by atoms with Crippen LogP contribution in [0.4, 0.5) is 0 Å². The molecule has 0 rings (SSSR count). The van der Waals surface area contributed by atoms with Crippen molar-refractivity contribution in [2.75, 3.05) is 0 Å². The van der Waals surface area contributed by atoms with E-state index in [0.717, 1.165) is 0 Å². The van der Waals surface area contributed by atoms with E-state index in [1.165, 1.54) is 1.60 Å². The summed E-state index contributed by atoms with van der Waals surface area (Å²) in [5.41, 5.74) is 0. The third-order valence-electron chi connectivity index (χ3n) is 1.60. The van der Waals surface area contributed by atoms with Gasteiger partial charge in [-0.2, -0.15) is 0 Å². The van der Waals surface area contributed by atoms with E-state index in [9.17, 15) is 4.79 Å². The average Bonchev–Trinajstić information content (AvgIpc) is 1.56. The molecule has 0 amide bonds. The summed E-state index contributed by atoms with van der Waals surface area (Å²) in [4.78, 5) is 24.6. The Bertz CT molecular complexity index is 173. The van der Waals surface area contributed by atoms with Crippen molar-refractivity contribution in [3.8, 4) is 0 Å². The molecule has 0 saturated carbocycles. The Kier molecular flexibility index (Phi) is 4.20. The third kappa shape index (κ3) is 3.99. The van der Waals surface area contributed by atoms with Gasteiger partial charge in [-0.05, 0) is 0 Å². The predicted octanol–water partition coefficient (Wildman–Crippen LogP) is 2.50. The van der Waals surface area contributed by atoms with Crippen LogP contribution in [-0.2, 0) is 4.79 Å². The summed E-state index contributed by atoms with van der Waals surface area (Å²) in [6.07, 6.45) is 0. The molecule has 0 heterocycles. The van der Waals surface area contributed by atoms with Gasteiger partial charge in [0.25, 0.3) is 0 Å². The maximum atomic E-state index is 10.7. The SMILES string of the molecule is [CH3][Sn]([CH3])([CH3])[C](=C=O)[Sn]([CH3])([CH3])[CH3]. The van der Waals surface area contributed by atoms with Crippen molar-refractivity contribution in [3.05, 3.63) is 1.60 Å². The Morgan fingerprint density at radius 2 is 1.18 bits per heavy atom. The van der Waals surface area contributed by atoms with Crippen molar-refractivity contribution in [2.24, 2.45) is 0 Å². The number of hydrogen-bond donors (Lipinski definition) is 0. The van der Waals surface area contributed by atoms with Crippen LogP contribution in [0, 0.1) is 0 Å². The molecule has 0 aliphatic rings. The molecule has 0 aliphatic carbocycles. The summed E-state index contributed by atoms with van der Waals surface area (Å²) in [5.74, 6) is 2.24. The number of hydrogen-bond acceptors (Lipinski definition) is 1. The van der Waals surface area contributed by atoms with Crippen molar-refractivity contribution in [2.45, 2.75) is 29.6 Å². The van der Waals surface area contributed by atoms with E-state index in [2.05, 4.69) is 35.6 Å². The Labute approximate surface area is 78.0 Å². The zero-order valence-electron chi connectivity index (χ0n) is 8.41. The molecular weight excluding hydrogens is 350 g/mol. The minimum atomic E-state index is -2.04. The van der Waals surface area contributed by atoms with Crippen LogP contribution in [0.25, 0.3) is 0 Å². The van der Waals surface area contributed by atoms with Gasteiger partial charge < -0.3 is 0 Å². The van der Waals surface area contributed by atoms with E-state index in [1.807, 2.05) is 0 Å². The first-order valence-electron chi connectivity index (χ1n) is 3.95. The minimum absolute atomic E-state index is 1.27. The summed E-state index contributed by atoms with van der Waals surface area (Å²) >= 11 is -4.08. The molecule has 0 unspecified atom stereocenters. The molecule has 0 atom stereocenters. The number of carbonyl (C=O) groups excluding carboxylic acids is 1. The van der Waals surface area contributed by atoms with Gasteiger partial charge in [0.05, 0.1) is 0 Å². The Hall–Kier alpha value is 1.05. The monoisotopic (exact) mass is 370 g/mol. The number of rotatable bonds is 2. The summed E-state index contributed by atoms with van der Waals surface area (Å²) in [6, 6.07) is 0. The van der Waals surface area contributed by atoms with Gasteiger partial charge in [-0.1, -0.05) is 0 Å². The molecule has 0 N–H and O–H groups in total. The Balaban J connectivity index is 4.90. The second-order valence-electron chi connectivity index (χ2n) is 4.98. The molecule has 0 aromatic heterocycles. The van der Waals surface area contributed by atoms with E-state index in [-0.39, 0.29) is 0 Å². The van der Waals surface area contributed by atoms with Crippen LogP contribution in [0.3, 0.4) is 0 Å². The van der Waals surface area contributed by atoms with E-state index in [4.69, 9.17) is 0 Å². The summed E-state index contributed by atoms with van der Waals surface area (Å²) in [5, 5.41) is 0.